The molecule has 2 nitrogen and oxygen atoms in total. The molecular weight excluding hydrogens is 256 g/mol. The number of alkyl halides is 1. The van der Waals surface area contributed by atoms with Gasteiger partial charge in [0.1, 0.15) is 5.76 Å². The van der Waals surface area contributed by atoms with E-state index in [1.54, 1.807) is 12.2 Å². The molecule has 15 heavy (non-hydrogen) atoms. The van der Waals surface area contributed by atoms with Crippen LogP contribution < -0.4 is 0 Å². The van der Waals surface area contributed by atoms with Gasteiger partial charge in [-0.05, 0) is 27.6 Å². The molecule has 0 spiro atoms. The summed E-state index contributed by atoms with van der Waals surface area (Å²) >= 11 is 3.07. The lowest BCUT2D eigenvalue weighted by Crippen LogP contribution is -2.19. The number of benzene rings is 1. The molecule has 2 atom stereocenters. The number of allylic oxidation sites excluding steroid dienone is 1. The average molecular weight is 267 g/mol. The molecule has 0 radical (unpaired) electrons. The second-order valence-electron chi connectivity index (χ2n) is 3.54. The van der Waals surface area contributed by atoms with E-state index in [4.69, 9.17) is 0 Å². The Labute approximate surface area is 96.7 Å². The maximum absolute atomic E-state index is 9.78. The fourth-order valence-electron chi connectivity index (χ4n) is 1.62. The van der Waals surface area contributed by atoms with Crippen molar-refractivity contribution in [1.29, 1.82) is 0 Å². The second kappa shape index (κ2) is 3.83. The first-order valence-electron chi connectivity index (χ1n) is 4.66. The number of halogens is 1. The molecule has 0 saturated carbocycles. The van der Waals surface area contributed by atoms with Gasteiger partial charge >= 0.3 is 0 Å². The van der Waals surface area contributed by atoms with Gasteiger partial charge in [0.05, 0.1) is 5.92 Å². The van der Waals surface area contributed by atoms with Crippen LogP contribution in [0.15, 0.2) is 54.3 Å². The first-order chi connectivity index (χ1) is 7.08. The van der Waals surface area contributed by atoms with Gasteiger partial charge in [0.25, 0.3) is 0 Å². The molecule has 0 amide bonds. The van der Waals surface area contributed by atoms with Gasteiger partial charge in [0.15, 0.2) is 4.51 Å². The Balaban J connectivity index is 2.32. The third-order valence-corrected chi connectivity index (χ3v) is 2.84. The third kappa shape index (κ3) is 2.30. The fraction of sp³-hybridized carbons (Fsp3) is 0.167. The summed E-state index contributed by atoms with van der Waals surface area (Å²) in [6, 6.07) is 9.66. The van der Waals surface area contributed by atoms with E-state index in [0.717, 1.165) is 5.56 Å². The van der Waals surface area contributed by atoms with E-state index in [1.807, 2.05) is 30.3 Å². The van der Waals surface area contributed by atoms with Crippen molar-refractivity contribution in [2.75, 3.05) is 0 Å². The number of hydrogen-bond donors (Lipinski definition) is 2. The maximum atomic E-state index is 9.78. The Kier molecular flexibility index (Phi) is 2.67. The van der Waals surface area contributed by atoms with Gasteiger partial charge in [-0.2, -0.15) is 0 Å². The zero-order valence-electron chi connectivity index (χ0n) is 7.97. The summed E-state index contributed by atoms with van der Waals surface area (Å²) in [5.74, 6) is -0.00731. The minimum Gasteiger partial charge on any atom is -0.512 e. The summed E-state index contributed by atoms with van der Waals surface area (Å²) in [5.41, 5.74) is 1.01. The van der Waals surface area contributed by atoms with Crippen LogP contribution in [-0.2, 0) is 0 Å². The lowest BCUT2D eigenvalue weighted by atomic mass is 9.92. The smallest absolute Gasteiger partial charge is 0.160 e. The summed E-state index contributed by atoms with van der Waals surface area (Å²) in [7, 11) is 0. The molecule has 1 aliphatic rings. The van der Waals surface area contributed by atoms with Gasteiger partial charge in [-0.25, -0.2) is 0 Å². The van der Waals surface area contributed by atoms with E-state index in [1.165, 1.54) is 6.08 Å². The maximum Gasteiger partial charge on any atom is 0.160 e. The van der Waals surface area contributed by atoms with Crippen LogP contribution in [0.25, 0.3) is 0 Å². The number of aliphatic hydroxyl groups excluding tert-OH is 1. The molecular formula is C12H11BrO2. The van der Waals surface area contributed by atoms with Crippen molar-refractivity contribution in [3.05, 3.63) is 59.9 Å². The van der Waals surface area contributed by atoms with Crippen molar-refractivity contribution in [1.82, 2.24) is 0 Å². The largest absolute Gasteiger partial charge is 0.512 e. The fourth-order valence-corrected chi connectivity index (χ4v) is 2.00. The van der Waals surface area contributed by atoms with Crippen LogP contribution >= 0.6 is 15.9 Å². The van der Waals surface area contributed by atoms with Gasteiger partial charge in [0, 0.05) is 6.08 Å². The van der Waals surface area contributed by atoms with Gasteiger partial charge in [0.2, 0.25) is 0 Å². The molecule has 3 heteroatoms. The molecule has 2 unspecified atom stereocenters. The SMILES string of the molecule is OC1=CC(O)(Br)C=CC1c1ccccc1. The van der Waals surface area contributed by atoms with Crippen molar-refractivity contribution in [2.45, 2.75) is 10.4 Å². The van der Waals surface area contributed by atoms with Crippen LogP contribution in [-0.4, -0.2) is 14.7 Å². The van der Waals surface area contributed by atoms with Crippen LogP contribution in [0.4, 0.5) is 0 Å². The number of rotatable bonds is 1. The lowest BCUT2D eigenvalue weighted by Gasteiger charge is -2.22. The molecule has 0 saturated heterocycles. The Bertz CT molecular complexity index is 407. The molecule has 0 heterocycles. The molecule has 2 rings (SSSR count). The third-order valence-electron chi connectivity index (χ3n) is 2.35. The normalized spacial score (nSPS) is 30.0. The molecule has 0 fully saturated rings. The van der Waals surface area contributed by atoms with Crippen LogP contribution in [0.2, 0.25) is 0 Å². The highest BCUT2D eigenvalue weighted by Gasteiger charge is 2.25. The molecule has 1 aromatic carbocycles. The van der Waals surface area contributed by atoms with Crippen LogP contribution in [0, 0.1) is 0 Å². The molecule has 0 bridgehead atoms. The number of aliphatic hydroxyl groups is 2. The van der Waals surface area contributed by atoms with E-state index < -0.39 is 4.51 Å². The van der Waals surface area contributed by atoms with Gasteiger partial charge in [-0.15, -0.1) is 0 Å². The highest BCUT2D eigenvalue weighted by Crippen LogP contribution is 2.33. The summed E-state index contributed by atoms with van der Waals surface area (Å²) in [6.07, 6.45) is 4.79. The van der Waals surface area contributed by atoms with Crippen molar-refractivity contribution < 1.29 is 10.2 Å². The summed E-state index contributed by atoms with van der Waals surface area (Å²) < 4.78 is -1.22. The second-order valence-corrected chi connectivity index (χ2v) is 4.81. The monoisotopic (exact) mass is 266 g/mol. The minimum absolute atomic E-state index is 0.156. The Hall–Kier alpha value is -1.06. The number of hydrogen-bond acceptors (Lipinski definition) is 2. The summed E-state index contributed by atoms with van der Waals surface area (Å²) in [5, 5.41) is 19.4. The first-order valence-corrected chi connectivity index (χ1v) is 5.45. The highest BCUT2D eigenvalue weighted by atomic mass is 79.9. The predicted molar refractivity (Wildman–Crippen MR) is 62.9 cm³/mol. The van der Waals surface area contributed by atoms with E-state index in [9.17, 15) is 10.2 Å². The molecule has 1 aliphatic carbocycles. The molecule has 1 aromatic rings. The van der Waals surface area contributed by atoms with E-state index >= 15 is 0 Å². The Morgan fingerprint density at radius 2 is 1.87 bits per heavy atom. The predicted octanol–water partition coefficient (Wildman–Crippen LogP) is 2.87. The average Bonchev–Trinajstić information content (AvgIpc) is 2.17. The lowest BCUT2D eigenvalue weighted by molar-refractivity contribution is 0.230. The first kappa shape index (κ1) is 10.5. The Morgan fingerprint density at radius 3 is 2.47 bits per heavy atom. The molecule has 2 N–H and O–H groups in total. The van der Waals surface area contributed by atoms with Crippen LogP contribution in [0.3, 0.4) is 0 Å². The van der Waals surface area contributed by atoms with Crippen molar-refractivity contribution in [2.24, 2.45) is 0 Å². The van der Waals surface area contributed by atoms with E-state index in [0.29, 0.717) is 0 Å². The van der Waals surface area contributed by atoms with Gasteiger partial charge in [-0.1, -0.05) is 36.4 Å². The van der Waals surface area contributed by atoms with E-state index in [-0.39, 0.29) is 11.7 Å². The van der Waals surface area contributed by atoms with Crippen molar-refractivity contribution >= 4 is 15.9 Å². The van der Waals surface area contributed by atoms with Gasteiger partial charge in [-0.3, -0.25) is 0 Å². The highest BCUT2D eigenvalue weighted by molar-refractivity contribution is 9.10. The van der Waals surface area contributed by atoms with Crippen LogP contribution in [0.5, 0.6) is 0 Å². The molecule has 78 valence electrons. The zero-order valence-corrected chi connectivity index (χ0v) is 9.55. The topological polar surface area (TPSA) is 40.5 Å². The van der Waals surface area contributed by atoms with Gasteiger partial charge < -0.3 is 10.2 Å². The zero-order chi connectivity index (χ0) is 10.9. The van der Waals surface area contributed by atoms with Crippen molar-refractivity contribution in [3.63, 3.8) is 0 Å². The standard InChI is InChI=1S/C12H11BrO2/c13-12(15)7-6-10(11(14)8-12)9-4-2-1-3-5-9/h1-8,10,14-15H. The van der Waals surface area contributed by atoms with Crippen LogP contribution in [0.1, 0.15) is 11.5 Å². The molecule has 0 aliphatic heterocycles. The summed E-state index contributed by atoms with van der Waals surface area (Å²) in [4.78, 5) is 0. The molecule has 0 aromatic heterocycles. The quantitative estimate of drug-likeness (QED) is 0.606. The summed E-state index contributed by atoms with van der Waals surface area (Å²) in [6.45, 7) is 0. The minimum atomic E-state index is -1.22. The van der Waals surface area contributed by atoms with E-state index in [2.05, 4.69) is 15.9 Å². The van der Waals surface area contributed by atoms with Crippen molar-refractivity contribution in [3.8, 4) is 0 Å². The Morgan fingerprint density at radius 1 is 1.20 bits per heavy atom.